The summed E-state index contributed by atoms with van der Waals surface area (Å²) in [6, 6.07) is 0. The maximum atomic E-state index is 11.8. The zero-order valence-electron chi connectivity index (χ0n) is 17.4. The molecule has 0 bridgehead atoms. The molecular formula is C22H39NO4. The second-order valence-electron chi connectivity index (χ2n) is 7.43. The summed E-state index contributed by atoms with van der Waals surface area (Å²) < 4.78 is 10.2. The first kappa shape index (κ1) is 23.5. The lowest BCUT2D eigenvalue weighted by Crippen LogP contribution is -2.06. The number of carbonyl (C=O) groups excluding carboxylic acids is 1. The van der Waals surface area contributed by atoms with Crippen LogP contribution in [-0.2, 0) is 11.2 Å². The fourth-order valence-corrected chi connectivity index (χ4v) is 3.12. The molecule has 0 radical (unpaired) electrons. The zero-order valence-corrected chi connectivity index (χ0v) is 17.4. The number of nitrogens with zero attached hydrogens (tertiary/aromatic N) is 1. The topological polar surface area (TPSA) is 72.6 Å². The Hall–Kier alpha value is -1.52. The monoisotopic (exact) mass is 381 g/mol. The molecule has 0 saturated heterocycles. The first-order chi connectivity index (χ1) is 13.2. The van der Waals surface area contributed by atoms with Gasteiger partial charge in [-0.1, -0.05) is 96.1 Å². The van der Waals surface area contributed by atoms with E-state index < -0.39 is 5.97 Å². The number of aromatic hydroxyl groups is 1. The summed E-state index contributed by atoms with van der Waals surface area (Å²) in [4.78, 5) is 11.8. The number of hydrogen-bond donors (Lipinski definition) is 1. The summed E-state index contributed by atoms with van der Waals surface area (Å²) in [5.74, 6) is -0.366. The third-order valence-electron chi connectivity index (χ3n) is 4.92. The van der Waals surface area contributed by atoms with Crippen molar-refractivity contribution in [1.29, 1.82) is 0 Å². The third-order valence-corrected chi connectivity index (χ3v) is 4.92. The van der Waals surface area contributed by atoms with Crippen LogP contribution in [0.1, 0.15) is 120 Å². The molecule has 0 aliphatic heterocycles. The highest BCUT2D eigenvalue weighted by molar-refractivity contribution is 5.90. The Bertz CT molecular complexity index is 499. The van der Waals surface area contributed by atoms with Gasteiger partial charge in [-0.05, 0) is 12.8 Å². The van der Waals surface area contributed by atoms with Crippen molar-refractivity contribution < 1.29 is 19.2 Å². The SMILES string of the molecule is CCCCCCCCCCCCCCc1onc(C(=O)OCCCC)c1O. The van der Waals surface area contributed by atoms with E-state index in [2.05, 4.69) is 12.1 Å². The number of rotatable bonds is 17. The first-order valence-electron chi connectivity index (χ1n) is 11.0. The fourth-order valence-electron chi connectivity index (χ4n) is 3.12. The molecule has 0 aliphatic carbocycles. The van der Waals surface area contributed by atoms with Crippen molar-refractivity contribution in [2.24, 2.45) is 0 Å². The Labute approximate surface area is 164 Å². The molecule has 0 unspecified atom stereocenters. The van der Waals surface area contributed by atoms with Crippen LogP contribution in [0.5, 0.6) is 5.75 Å². The molecule has 1 heterocycles. The Balaban J connectivity index is 2.06. The number of unbranched alkanes of at least 4 members (excludes halogenated alkanes) is 12. The lowest BCUT2D eigenvalue weighted by Gasteiger charge is -2.02. The van der Waals surface area contributed by atoms with E-state index in [4.69, 9.17) is 9.26 Å². The van der Waals surface area contributed by atoms with Crippen LogP contribution in [-0.4, -0.2) is 22.8 Å². The summed E-state index contributed by atoms with van der Waals surface area (Å²) in [5.41, 5.74) is -0.0972. The van der Waals surface area contributed by atoms with Crippen LogP contribution >= 0.6 is 0 Å². The van der Waals surface area contributed by atoms with E-state index in [0.717, 1.165) is 25.7 Å². The van der Waals surface area contributed by atoms with Gasteiger partial charge in [0.05, 0.1) is 6.61 Å². The van der Waals surface area contributed by atoms with E-state index in [0.29, 0.717) is 18.8 Å². The van der Waals surface area contributed by atoms with Crippen LogP contribution in [0.2, 0.25) is 0 Å². The standard InChI is InChI=1S/C22H39NO4/c1-3-5-7-8-9-10-11-12-13-14-15-16-17-19-21(24)20(23-27-19)22(25)26-18-6-4-2/h24H,3-18H2,1-2H3. The molecule has 0 aliphatic rings. The smallest absolute Gasteiger partial charge is 0.364 e. The average molecular weight is 382 g/mol. The van der Waals surface area contributed by atoms with E-state index in [1.807, 2.05) is 6.92 Å². The molecular weight excluding hydrogens is 342 g/mol. The van der Waals surface area contributed by atoms with Crippen molar-refractivity contribution >= 4 is 5.97 Å². The normalized spacial score (nSPS) is 11.0. The van der Waals surface area contributed by atoms with Crippen LogP contribution in [0, 0.1) is 0 Å². The molecule has 1 rings (SSSR count). The number of aryl methyl sites for hydroxylation is 1. The van der Waals surface area contributed by atoms with Crippen LogP contribution in [0.25, 0.3) is 0 Å². The Morgan fingerprint density at radius 2 is 1.37 bits per heavy atom. The minimum absolute atomic E-state index is 0.0972. The Morgan fingerprint density at radius 3 is 1.93 bits per heavy atom. The summed E-state index contributed by atoms with van der Waals surface area (Å²) in [6.07, 6.45) is 17.8. The predicted molar refractivity (Wildman–Crippen MR) is 108 cm³/mol. The highest BCUT2D eigenvalue weighted by Gasteiger charge is 2.22. The van der Waals surface area contributed by atoms with Crippen molar-refractivity contribution in [2.75, 3.05) is 6.61 Å². The van der Waals surface area contributed by atoms with E-state index >= 15 is 0 Å². The van der Waals surface area contributed by atoms with E-state index in [1.165, 1.54) is 64.2 Å². The maximum Gasteiger partial charge on any atom is 0.364 e. The zero-order chi connectivity index (χ0) is 19.7. The number of carbonyl (C=O) groups is 1. The number of hydrogen-bond acceptors (Lipinski definition) is 5. The second kappa shape index (κ2) is 15.5. The van der Waals surface area contributed by atoms with Gasteiger partial charge in [-0.2, -0.15) is 0 Å². The van der Waals surface area contributed by atoms with Gasteiger partial charge >= 0.3 is 5.97 Å². The van der Waals surface area contributed by atoms with Gasteiger partial charge in [0, 0.05) is 6.42 Å². The summed E-state index contributed by atoms with van der Waals surface area (Å²) in [6.45, 7) is 4.62. The molecule has 0 saturated carbocycles. The van der Waals surface area contributed by atoms with Gasteiger partial charge in [-0.15, -0.1) is 0 Å². The summed E-state index contributed by atoms with van der Waals surface area (Å²) in [5, 5.41) is 13.7. The summed E-state index contributed by atoms with van der Waals surface area (Å²) >= 11 is 0. The molecule has 5 nitrogen and oxygen atoms in total. The fraction of sp³-hybridized carbons (Fsp3) is 0.818. The molecule has 27 heavy (non-hydrogen) atoms. The van der Waals surface area contributed by atoms with Crippen molar-refractivity contribution in [3.8, 4) is 5.75 Å². The van der Waals surface area contributed by atoms with Crippen molar-refractivity contribution in [1.82, 2.24) is 5.16 Å². The molecule has 5 heteroatoms. The quantitative estimate of drug-likeness (QED) is 0.244. The van der Waals surface area contributed by atoms with Gasteiger partial charge in [-0.3, -0.25) is 0 Å². The molecule has 1 aromatic rings. The van der Waals surface area contributed by atoms with Gasteiger partial charge < -0.3 is 14.4 Å². The van der Waals surface area contributed by atoms with Gasteiger partial charge in [0.2, 0.25) is 5.69 Å². The van der Waals surface area contributed by atoms with Gasteiger partial charge in [-0.25, -0.2) is 4.79 Å². The minimum Gasteiger partial charge on any atom is -0.503 e. The molecule has 0 aromatic carbocycles. The highest BCUT2D eigenvalue weighted by Crippen LogP contribution is 2.25. The number of esters is 1. The van der Waals surface area contributed by atoms with Crippen molar-refractivity contribution in [3.63, 3.8) is 0 Å². The van der Waals surface area contributed by atoms with E-state index in [1.54, 1.807) is 0 Å². The van der Waals surface area contributed by atoms with Crippen LogP contribution in [0.4, 0.5) is 0 Å². The molecule has 1 aromatic heterocycles. The predicted octanol–water partition coefficient (Wildman–Crippen LogP) is 6.58. The number of aromatic nitrogens is 1. The Kier molecular flexibility index (Phi) is 13.5. The molecule has 0 fully saturated rings. The van der Waals surface area contributed by atoms with E-state index in [9.17, 15) is 9.90 Å². The number of ether oxygens (including phenoxy) is 1. The minimum atomic E-state index is -0.606. The molecule has 1 N–H and O–H groups in total. The maximum absolute atomic E-state index is 11.8. The van der Waals surface area contributed by atoms with Gasteiger partial charge in [0.15, 0.2) is 11.5 Å². The van der Waals surface area contributed by atoms with Crippen LogP contribution < -0.4 is 0 Å². The molecule has 156 valence electrons. The molecule has 0 atom stereocenters. The third kappa shape index (κ3) is 10.4. The van der Waals surface area contributed by atoms with Crippen LogP contribution in [0.3, 0.4) is 0 Å². The lowest BCUT2D eigenvalue weighted by molar-refractivity contribution is 0.0485. The lowest BCUT2D eigenvalue weighted by atomic mass is 10.0. The molecule has 0 spiro atoms. The second-order valence-corrected chi connectivity index (χ2v) is 7.43. The highest BCUT2D eigenvalue weighted by atomic mass is 16.5. The summed E-state index contributed by atoms with van der Waals surface area (Å²) in [7, 11) is 0. The Morgan fingerprint density at radius 1 is 0.852 bits per heavy atom. The first-order valence-corrected chi connectivity index (χ1v) is 11.0. The largest absolute Gasteiger partial charge is 0.503 e. The van der Waals surface area contributed by atoms with Crippen molar-refractivity contribution in [2.45, 2.75) is 110 Å². The van der Waals surface area contributed by atoms with E-state index in [-0.39, 0.29) is 11.4 Å². The molecule has 0 amide bonds. The average Bonchev–Trinajstić information content (AvgIpc) is 3.03. The van der Waals surface area contributed by atoms with Crippen LogP contribution in [0.15, 0.2) is 4.52 Å². The van der Waals surface area contributed by atoms with Gasteiger partial charge in [0.25, 0.3) is 0 Å². The van der Waals surface area contributed by atoms with Crippen molar-refractivity contribution in [3.05, 3.63) is 11.5 Å². The van der Waals surface area contributed by atoms with Gasteiger partial charge in [0.1, 0.15) is 0 Å².